The molecule has 0 fully saturated rings. The van der Waals surface area contributed by atoms with Gasteiger partial charge < -0.3 is 15.5 Å². The van der Waals surface area contributed by atoms with Crippen molar-refractivity contribution in [2.24, 2.45) is 0 Å². The van der Waals surface area contributed by atoms with Gasteiger partial charge in [-0.15, -0.1) is 5.43 Å². The Morgan fingerprint density at radius 1 is 0.941 bits per heavy atom. The summed E-state index contributed by atoms with van der Waals surface area (Å²) in [5.41, 5.74) is 7.83. The van der Waals surface area contributed by atoms with Gasteiger partial charge in [0.15, 0.2) is 0 Å². The molecule has 0 amide bonds. The zero-order valence-electron chi connectivity index (χ0n) is 11.8. The zero-order valence-corrected chi connectivity index (χ0v) is 11.8. The van der Waals surface area contributed by atoms with Crippen molar-refractivity contribution in [3.8, 4) is 0 Å². The van der Waals surface area contributed by atoms with Crippen LogP contribution in [0.5, 0.6) is 0 Å². The largest absolute Gasteiger partial charge is 0.320 e. The quantitative estimate of drug-likeness (QED) is 0.295. The van der Waals surface area contributed by atoms with Crippen molar-refractivity contribution < 1.29 is 0 Å². The van der Waals surface area contributed by atoms with Crippen LogP contribution < -0.4 is 21.5 Å². The Morgan fingerprint density at radius 2 is 1.65 bits per heavy atom. The predicted octanol–water partition coefficient (Wildman–Crippen LogP) is -1.30. The molecule has 0 aliphatic rings. The maximum absolute atomic E-state index is 4.50. The first-order chi connectivity index (χ1) is 8.20. The number of rotatable bonds is 12. The van der Waals surface area contributed by atoms with Crippen LogP contribution in [0.3, 0.4) is 0 Å². The van der Waals surface area contributed by atoms with Crippen molar-refractivity contribution in [1.82, 2.24) is 31.5 Å². The van der Waals surface area contributed by atoms with Crippen LogP contribution in [-0.4, -0.2) is 77.5 Å². The summed E-state index contributed by atoms with van der Waals surface area (Å²) in [6.07, 6.45) is 1.09. The summed E-state index contributed by atoms with van der Waals surface area (Å²) in [5, 5.41) is 8.21. The molecule has 0 aromatic carbocycles. The summed E-state index contributed by atoms with van der Waals surface area (Å²) in [7, 11) is 8.07. The molecule has 0 aromatic heterocycles. The minimum absolute atomic E-state index is 0.811. The van der Waals surface area contributed by atoms with Gasteiger partial charge in [0.25, 0.3) is 0 Å². The Hall–Kier alpha value is -0.240. The summed E-state index contributed by atoms with van der Waals surface area (Å²) in [6.45, 7) is 5.63. The van der Waals surface area contributed by atoms with Crippen LogP contribution in [0.25, 0.3) is 0 Å². The average Bonchev–Trinajstić information content (AvgIpc) is 2.28. The SMILES string of the molecule is CNCCCN([N]CCNC)NCCN(C)C. The highest BCUT2D eigenvalue weighted by molar-refractivity contribution is 4.53. The molecule has 0 bridgehead atoms. The van der Waals surface area contributed by atoms with E-state index in [0.29, 0.717) is 0 Å². The van der Waals surface area contributed by atoms with E-state index >= 15 is 0 Å². The van der Waals surface area contributed by atoms with Gasteiger partial charge in [0, 0.05) is 32.7 Å². The first-order valence-electron chi connectivity index (χ1n) is 6.33. The van der Waals surface area contributed by atoms with Crippen LogP contribution in [0.1, 0.15) is 6.42 Å². The number of likely N-dealkylation sites (N-methyl/N-ethyl adjacent to an activating group) is 2. The van der Waals surface area contributed by atoms with Crippen LogP contribution >= 0.6 is 0 Å². The predicted molar refractivity (Wildman–Crippen MR) is 72.7 cm³/mol. The summed E-state index contributed by atoms with van der Waals surface area (Å²) < 4.78 is 0. The third-order valence-corrected chi connectivity index (χ3v) is 2.28. The Labute approximate surface area is 106 Å². The topological polar surface area (TPSA) is 56.7 Å². The standard InChI is InChI=1S/C11H29N6/c1-12-6-5-10-17(14-8-7-13-2)15-9-11-16(3)4/h12-13,15H,5-11H2,1-4H3. The maximum Gasteiger partial charge on any atom is 0.0446 e. The molecule has 0 aliphatic carbocycles. The van der Waals surface area contributed by atoms with Gasteiger partial charge in [0.2, 0.25) is 0 Å². The van der Waals surface area contributed by atoms with Crippen LogP contribution in [0.15, 0.2) is 0 Å². The summed E-state index contributed by atoms with van der Waals surface area (Å²) in [4.78, 5) is 2.16. The second-order valence-corrected chi connectivity index (χ2v) is 4.26. The molecule has 0 saturated carbocycles. The fourth-order valence-corrected chi connectivity index (χ4v) is 1.29. The van der Waals surface area contributed by atoms with Crippen molar-refractivity contribution in [2.75, 3.05) is 67.5 Å². The zero-order chi connectivity index (χ0) is 12.9. The van der Waals surface area contributed by atoms with E-state index in [-0.39, 0.29) is 0 Å². The van der Waals surface area contributed by atoms with Crippen molar-refractivity contribution in [1.29, 1.82) is 0 Å². The highest BCUT2D eigenvalue weighted by Crippen LogP contribution is 1.84. The van der Waals surface area contributed by atoms with Gasteiger partial charge in [-0.1, -0.05) is 0 Å². The Bertz CT molecular complexity index is 143. The highest BCUT2D eigenvalue weighted by atomic mass is 15.7. The second kappa shape index (κ2) is 12.2. The summed E-state index contributed by atoms with van der Waals surface area (Å²) >= 11 is 0. The number of nitrogens with zero attached hydrogens (tertiary/aromatic N) is 3. The number of hydrazine groups is 1. The lowest BCUT2D eigenvalue weighted by molar-refractivity contribution is 0.102. The first-order valence-corrected chi connectivity index (χ1v) is 6.33. The monoisotopic (exact) mass is 245 g/mol. The molecule has 0 rings (SSSR count). The van der Waals surface area contributed by atoms with Crippen molar-refractivity contribution in [3.63, 3.8) is 0 Å². The van der Waals surface area contributed by atoms with E-state index in [1.807, 2.05) is 19.2 Å². The lowest BCUT2D eigenvalue weighted by Crippen LogP contribution is -2.48. The van der Waals surface area contributed by atoms with Gasteiger partial charge in [0.1, 0.15) is 0 Å². The van der Waals surface area contributed by atoms with Crippen LogP contribution in [-0.2, 0) is 0 Å². The van der Waals surface area contributed by atoms with E-state index in [4.69, 9.17) is 0 Å². The molecule has 0 aromatic rings. The molecule has 0 saturated heterocycles. The van der Waals surface area contributed by atoms with Gasteiger partial charge in [-0.25, -0.2) is 5.43 Å². The first kappa shape index (κ1) is 16.8. The molecule has 103 valence electrons. The van der Waals surface area contributed by atoms with Gasteiger partial charge >= 0.3 is 0 Å². The molecule has 1 radical (unpaired) electrons. The normalized spacial score (nSPS) is 11.6. The smallest absolute Gasteiger partial charge is 0.0446 e. The van der Waals surface area contributed by atoms with Crippen molar-refractivity contribution in [2.45, 2.75) is 6.42 Å². The molecular formula is C11H29N6. The van der Waals surface area contributed by atoms with Gasteiger partial charge in [-0.2, -0.15) is 5.12 Å². The van der Waals surface area contributed by atoms with Gasteiger partial charge in [-0.3, -0.25) is 0 Å². The van der Waals surface area contributed by atoms with E-state index < -0.39 is 0 Å². The van der Waals surface area contributed by atoms with E-state index in [9.17, 15) is 0 Å². The molecule has 0 unspecified atom stereocenters. The molecule has 17 heavy (non-hydrogen) atoms. The summed E-state index contributed by atoms with van der Waals surface area (Å²) in [6, 6.07) is 0. The number of hydrogen-bond donors (Lipinski definition) is 3. The Morgan fingerprint density at radius 3 is 2.24 bits per heavy atom. The molecule has 0 heterocycles. The third-order valence-electron chi connectivity index (χ3n) is 2.28. The van der Waals surface area contributed by atoms with E-state index in [1.165, 1.54) is 0 Å². The van der Waals surface area contributed by atoms with E-state index in [2.05, 4.69) is 40.5 Å². The molecule has 0 aliphatic heterocycles. The second-order valence-electron chi connectivity index (χ2n) is 4.26. The summed E-state index contributed by atoms with van der Waals surface area (Å²) in [5.74, 6) is 0. The highest BCUT2D eigenvalue weighted by Gasteiger charge is 2.04. The lowest BCUT2D eigenvalue weighted by Gasteiger charge is -2.23. The molecule has 0 atom stereocenters. The molecule has 6 heteroatoms. The molecule has 6 nitrogen and oxygen atoms in total. The van der Waals surface area contributed by atoms with E-state index in [0.717, 1.165) is 45.7 Å². The van der Waals surface area contributed by atoms with Gasteiger partial charge in [-0.05, 0) is 41.2 Å². The Kier molecular flexibility index (Phi) is 12.1. The minimum Gasteiger partial charge on any atom is -0.320 e. The van der Waals surface area contributed by atoms with Gasteiger partial charge in [0.05, 0.1) is 0 Å². The lowest BCUT2D eigenvalue weighted by atomic mass is 10.4. The van der Waals surface area contributed by atoms with Crippen molar-refractivity contribution >= 4 is 0 Å². The number of hydrogen-bond acceptors (Lipinski definition) is 5. The average molecular weight is 245 g/mol. The minimum atomic E-state index is 0.811. The van der Waals surface area contributed by atoms with Crippen LogP contribution in [0.2, 0.25) is 0 Å². The number of nitrogens with one attached hydrogen (secondary N) is 3. The van der Waals surface area contributed by atoms with E-state index in [1.54, 1.807) is 0 Å². The molecule has 3 N–H and O–H groups in total. The Balaban J connectivity index is 3.67. The molecule has 0 spiro atoms. The third kappa shape index (κ3) is 12.0. The maximum atomic E-state index is 4.50. The van der Waals surface area contributed by atoms with Crippen LogP contribution in [0.4, 0.5) is 0 Å². The van der Waals surface area contributed by atoms with Crippen molar-refractivity contribution in [3.05, 3.63) is 0 Å². The fraction of sp³-hybridized carbons (Fsp3) is 1.00. The molecular weight excluding hydrogens is 216 g/mol. The fourth-order valence-electron chi connectivity index (χ4n) is 1.29. The van der Waals surface area contributed by atoms with Crippen LogP contribution in [0, 0.1) is 0 Å².